The van der Waals surface area contributed by atoms with Crippen LogP contribution in [0, 0.1) is 0 Å². The first kappa shape index (κ1) is 17.9. The second-order valence-electron chi connectivity index (χ2n) is 8.93. The summed E-state index contributed by atoms with van der Waals surface area (Å²) >= 11 is 0. The molecule has 0 unspecified atom stereocenters. The van der Waals surface area contributed by atoms with Gasteiger partial charge in [-0.3, -0.25) is 9.20 Å². The van der Waals surface area contributed by atoms with E-state index in [9.17, 15) is 4.79 Å². The van der Waals surface area contributed by atoms with Gasteiger partial charge in [-0.2, -0.15) is 0 Å². The van der Waals surface area contributed by atoms with Crippen LogP contribution in [0.15, 0.2) is 114 Å². The van der Waals surface area contributed by atoms with E-state index < -0.39 is 0 Å². The summed E-state index contributed by atoms with van der Waals surface area (Å²) in [6.07, 6.45) is 0. The molecule has 0 aliphatic heterocycles. The molecule has 158 valence electrons. The Hall–Kier alpha value is -4.63. The van der Waals surface area contributed by atoms with E-state index in [1.807, 2.05) is 22.6 Å². The smallest absolute Gasteiger partial charge is 0.263 e. The topological polar surface area (TPSA) is 26.4 Å². The van der Waals surface area contributed by atoms with Gasteiger partial charge in [0.2, 0.25) is 0 Å². The third kappa shape index (κ3) is 2.05. The van der Waals surface area contributed by atoms with Crippen molar-refractivity contribution in [2.75, 3.05) is 0 Å². The molecule has 0 atom stereocenters. The summed E-state index contributed by atoms with van der Waals surface area (Å²) in [6, 6.07) is 37.7. The second kappa shape index (κ2) is 6.24. The lowest BCUT2D eigenvalue weighted by Crippen LogP contribution is -2.12. The Labute approximate surface area is 194 Å². The molecule has 3 heterocycles. The van der Waals surface area contributed by atoms with Crippen LogP contribution in [0.5, 0.6) is 0 Å². The van der Waals surface area contributed by atoms with Gasteiger partial charge in [0.1, 0.15) is 0 Å². The third-order valence-corrected chi connectivity index (χ3v) is 7.26. The predicted molar refractivity (Wildman–Crippen MR) is 142 cm³/mol. The molecule has 8 aromatic rings. The van der Waals surface area contributed by atoms with E-state index in [2.05, 4.69) is 95.6 Å². The Bertz CT molecular complexity index is 2090. The van der Waals surface area contributed by atoms with Crippen molar-refractivity contribution < 1.29 is 0 Å². The molecular formula is C31H18N2O. The first-order valence-corrected chi connectivity index (χ1v) is 11.5. The molecule has 0 spiro atoms. The summed E-state index contributed by atoms with van der Waals surface area (Å²) in [5.41, 5.74) is 5.40. The highest BCUT2D eigenvalue weighted by Crippen LogP contribution is 2.40. The Balaban J connectivity index is 1.67. The van der Waals surface area contributed by atoms with Crippen LogP contribution in [-0.2, 0) is 0 Å². The van der Waals surface area contributed by atoms with Crippen LogP contribution in [0.25, 0.3) is 65.5 Å². The largest absolute Gasteiger partial charge is 0.309 e. The zero-order chi connectivity index (χ0) is 22.4. The molecule has 0 saturated carbocycles. The Morgan fingerprint density at radius 3 is 1.71 bits per heavy atom. The number of aromatic nitrogens is 2. The van der Waals surface area contributed by atoms with E-state index in [4.69, 9.17) is 0 Å². The van der Waals surface area contributed by atoms with E-state index in [-0.39, 0.29) is 5.56 Å². The van der Waals surface area contributed by atoms with Crippen molar-refractivity contribution in [2.45, 2.75) is 0 Å². The summed E-state index contributed by atoms with van der Waals surface area (Å²) in [5.74, 6) is 0. The molecule has 5 aromatic carbocycles. The maximum absolute atomic E-state index is 13.7. The lowest BCUT2D eigenvalue weighted by Gasteiger charge is -2.10. The third-order valence-electron chi connectivity index (χ3n) is 7.26. The molecule has 34 heavy (non-hydrogen) atoms. The summed E-state index contributed by atoms with van der Waals surface area (Å²) in [6.45, 7) is 0. The molecule has 3 heteroatoms. The molecule has 0 amide bonds. The van der Waals surface area contributed by atoms with Gasteiger partial charge < -0.3 is 4.57 Å². The minimum absolute atomic E-state index is 0.0358. The summed E-state index contributed by atoms with van der Waals surface area (Å²) in [5, 5.41) is 7.53. The molecule has 0 fully saturated rings. The quantitative estimate of drug-likeness (QED) is 0.249. The minimum Gasteiger partial charge on any atom is -0.309 e. The number of rotatable bonds is 1. The van der Waals surface area contributed by atoms with Crippen molar-refractivity contribution in [3.05, 3.63) is 120 Å². The molecule has 0 radical (unpaired) electrons. The zero-order valence-electron chi connectivity index (χ0n) is 18.2. The highest BCUT2D eigenvalue weighted by Gasteiger charge is 2.21. The predicted octanol–water partition coefficient (Wildman–Crippen LogP) is 7.29. The number of nitrogens with zero attached hydrogens (tertiary/aromatic N) is 2. The molecule has 0 aliphatic carbocycles. The van der Waals surface area contributed by atoms with Crippen molar-refractivity contribution in [1.82, 2.24) is 8.97 Å². The van der Waals surface area contributed by atoms with E-state index in [0.29, 0.717) is 0 Å². The van der Waals surface area contributed by atoms with Crippen LogP contribution in [0.4, 0.5) is 0 Å². The van der Waals surface area contributed by atoms with Crippen LogP contribution in [0.1, 0.15) is 0 Å². The van der Waals surface area contributed by atoms with Gasteiger partial charge in [0.25, 0.3) is 5.56 Å². The van der Waals surface area contributed by atoms with Gasteiger partial charge >= 0.3 is 0 Å². The number of fused-ring (bicyclic) bond motifs is 8. The summed E-state index contributed by atoms with van der Waals surface area (Å²) < 4.78 is 4.26. The number of pyridine rings is 1. The SMILES string of the molecule is O=c1c2ccccc2c2cccc3c4c(-n5c6ccccc6c6ccccc65)cccc4n1c23. The number of hydrogen-bond donors (Lipinski definition) is 0. The van der Waals surface area contributed by atoms with Crippen LogP contribution >= 0.6 is 0 Å². The van der Waals surface area contributed by atoms with E-state index in [1.54, 1.807) is 0 Å². The van der Waals surface area contributed by atoms with Gasteiger partial charge in [-0.05, 0) is 35.7 Å². The fourth-order valence-corrected chi connectivity index (χ4v) is 5.92. The van der Waals surface area contributed by atoms with Crippen molar-refractivity contribution in [3.8, 4) is 5.69 Å². The standard InChI is InChI=1S/C31H18N2O/c34-31-23-12-2-1-9-19(23)22-13-7-14-24-29-27(17-8-18-28(29)33(31)30(22)24)32-25-15-5-3-10-20(25)21-11-4-6-16-26(21)32/h1-18H. The van der Waals surface area contributed by atoms with E-state index in [1.165, 1.54) is 10.8 Å². The van der Waals surface area contributed by atoms with Gasteiger partial charge in [-0.25, -0.2) is 0 Å². The molecular weight excluding hydrogens is 416 g/mol. The molecule has 3 aromatic heterocycles. The molecule has 0 N–H and O–H groups in total. The lowest BCUT2D eigenvalue weighted by atomic mass is 10.0. The van der Waals surface area contributed by atoms with E-state index >= 15 is 0 Å². The Morgan fingerprint density at radius 2 is 0.971 bits per heavy atom. The monoisotopic (exact) mass is 434 g/mol. The van der Waals surface area contributed by atoms with Crippen LogP contribution in [0.3, 0.4) is 0 Å². The second-order valence-corrected chi connectivity index (χ2v) is 8.93. The first-order valence-electron chi connectivity index (χ1n) is 11.5. The molecule has 0 bridgehead atoms. The van der Waals surface area contributed by atoms with Crippen LogP contribution in [0.2, 0.25) is 0 Å². The zero-order valence-corrected chi connectivity index (χ0v) is 18.2. The number of para-hydroxylation sites is 3. The normalized spacial score (nSPS) is 12.2. The van der Waals surface area contributed by atoms with Gasteiger partial charge in [0, 0.05) is 32.3 Å². The average molecular weight is 434 g/mol. The van der Waals surface area contributed by atoms with Crippen LogP contribution in [-0.4, -0.2) is 8.97 Å². The fraction of sp³-hybridized carbons (Fsp3) is 0. The lowest BCUT2D eigenvalue weighted by molar-refractivity contribution is 1.18. The van der Waals surface area contributed by atoms with Crippen molar-refractivity contribution >= 4 is 59.8 Å². The number of hydrogen-bond acceptors (Lipinski definition) is 1. The fourth-order valence-electron chi connectivity index (χ4n) is 5.92. The van der Waals surface area contributed by atoms with Crippen LogP contribution < -0.4 is 5.56 Å². The molecule has 3 nitrogen and oxygen atoms in total. The highest BCUT2D eigenvalue weighted by atomic mass is 16.1. The average Bonchev–Trinajstić information content (AvgIpc) is 3.41. The van der Waals surface area contributed by atoms with Gasteiger partial charge in [0.05, 0.1) is 27.8 Å². The Morgan fingerprint density at radius 1 is 0.441 bits per heavy atom. The summed E-state index contributed by atoms with van der Waals surface area (Å²) in [4.78, 5) is 13.7. The summed E-state index contributed by atoms with van der Waals surface area (Å²) in [7, 11) is 0. The van der Waals surface area contributed by atoms with Gasteiger partial charge in [-0.1, -0.05) is 78.9 Å². The van der Waals surface area contributed by atoms with Crippen molar-refractivity contribution in [1.29, 1.82) is 0 Å². The van der Waals surface area contributed by atoms with Gasteiger partial charge in [-0.15, -0.1) is 0 Å². The maximum atomic E-state index is 13.7. The molecule has 0 saturated heterocycles. The maximum Gasteiger partial charge on any atom is 0.263 e. The minimum atomic E-state index is 0.0358. The number of benzene rings is 5. The van der Waals surface area contributed by atoms with E-state index in [0.717, 1.165) is 54.7 Å². The first-order chi connectivity index (χ1) is 16.8. The molecule has 8 rings (SSSR count). The Kier molecular flexibility index (Phi) is 3.28. The highest BCUT2D eigenvalue weighted by molar-refractivity contribution is 6.22. The van der Waals surface area contributed by atoms with Crippen molar-refractivity contribution in [3.63, 3.8) is 0 Å². The van der Waals surface area contributed by atoms with Crippen molar-refractivity contribution in [2.24, 2.45) is 0 Å². The van der Waals surface area contributed by atoms with Gasteiger partial charge in [0.15, 0.2) is 0 Å². The molecule has 0 aliphatic rings.